The summed E-state index contributed by atoms with van der Waals surface area (Å²) in [6, 6.07) is 14.0. The van der Waals surface area contributed by atoms with E-state index in [9.17, 15) is 17.6 Å². The van der Waals surface area contributed by atoms with Gasteiger partial charge in [0.2, 0.25) is 15.9 Å². The number of benzene rings is 2. The second kappa shape index (κ2) is 11.1. The van der Waals surface area contributed by atoms with E-state index in [1.807, 2.05) is 0 Å². The Morgan fingerprint density at radius 2 is 1.68 bits per heavy atom. The summed E-state index contributed by atoms with van der Waals surface area (Å²) in [6.07, 6.45) is 1.04. The van der Waals surface area contributed by atoms with Crippen molar-refractivity contribution in [1.29, 1.82) is 0 Å². The number of halogens is 1. The molecule has 1 saturated heterocycles. The van der Waals surface area contributed by atoms with Crippen molar-refractivity contribution < 1.29 is 17.6 Å². The van der Waals surface area contributed by atoms with Gasteiger partial charge in [-0.1, -0.05) is 42.0 Å². The zero-order chi connectivity index (χ0) is 22.3. The number of rotatable bonds is 9. The maximum atomic E-state index is 13.0. The molecule has 8 heteroatoms. The molecule has 2 aromatic rings. The van der Waals surface area contributed by atoms with Crippen LogP contribution in [0.4, 0.5) is 4.39 Å². The highest BCUT2D eigenvalue weighted by atomic mass is 32.2. The molecule has 1 aliphatic heterocycles. The Morgan fingerprint density at radius 1 is 1.06 bits per heavy atom. The number of piperidine rings is 1. The Balaban J connectivity index is 1.36. The van der Waals surface area contributed by atoms with Gasteiger partial charge in [0.25, 0.3) is 0 Å². The summed E-state index contributed by atoms with van der Waals surface area (Å²) >= 11 is 1.78. The van der Waals surface area contributed by atoms with Crippen LogP contribution < -0.4 is 5.32 Å². The number of hydrogen-bond donors (Lipinski definition) is 1. The van der Waals surface area contributed by atoms with Crippen molar-refractivity contribution in [2.75, 3.05) is 25.4 Å². The van der Waals surface area contributed by atoms with Crippen molar-refractivity contribution in [2.45, 2.75) is 31.3 Å². The van der Waals surface area contributed by atoms with Crippen LogP contribution in [0.15, 0.2) is 48.5 Å². The van der Waals surface area contributed by atoms with E-state index < -0.39 is 10.0 Å². The fourth-order valence-electron chi connectivity index (χ4n) is 3.54. The van der Waals surface area contributed by atoms with Gasteiger partial charge in [0.1, 0.15) is 5.82 Å². The van der Waals surface area contributed by atoms with E-state index in [1.54, 1.807) is 11.8 Å². The molecule has 0 spiro atoms. The standard InChI is InChI=1S/C23H29FN2O3S2/c1-18-2-4-19(5-3-18)16-30-15-12-25-23(27)21-10-13-26(14-11-21)31(28,29)17-20-6-8-22(24)9-7-20/h2-9,21H,10-17H2,1H3,(H,25,27). The molecule has 1 fully saturated rings. The van der Waals surface area contributed by atoms with Gasteiger partial charge < -0.3 is 5.32 Å². The summed E-state index contributed by atoms with van der Waals surface area (Å²) < 4.78 is 39.7. The third-order valence-corrected chi connectivity index (χ3v) is 8.30. The SMILES string of the molecule is Cc1ccc(CSCCNC(=O)C2CCN(S(=O)(=O)Cc3ccc(F)cc3)CC2)cc1. The Hall–Kier alpha value is -1.90. The van der Waals surface area contributed by atoms with Crippen LogP contribution in [0.2, 0.25) is 0 Å². The van der Waals surface area contributed by atoms with E-state index in [0.29, 0.717) is 38.0 Å². The number of aryl methyl sites for hydroxylation is 1. The van der Waals surface area contributed by atoms with E-state index in [2.05, 4.69) is 36.5 Å². The first-order valence-electron chi connectivity index (χ1n) is 10.5. The van der Waals surface area contributed by atoms with Crippen molar-refractivity contribution in [1.82, 2.24) is 9.62 Å². The molecule has 0 saturated carbocycles. The van der Waals surface area contributed by atoms with Crippen molar-refractivity contribution >= 4 is 27.7 Å². The number of sulfonamides is 1. The Kier molecular flexibility index (Phi) is 8.51. The van der Waals surface area contributed by atoms with Crippen LogP contribution in [0.25, 0.3) is 0 Å². The van der Waals surface area contributed by atoms with E-state index in [-0.39, 0.29) is 23.4 Å². The Labute approximate surface area is 188 Å². The summed E-state index contributed by atoms with van der Waals surface area (Å²) in [4.78, 5) is 12.4. The first-order chi connectivity index (χ1) is 14.8. The molecule has 1 amide bonds. The maximum Gasteiger partial charge on any atom is 0.223 e. The van der Waals surface area contributed by atoms with Gasteiger partial charge >= 0.3 is 0 Å². The number of carbonyl (C=O) groups is 1. The monoisotopic (exact) mass is 464 g/mol. The predicted molar refractivity (Wildman–Crippen MR) is 124 cm³/mol. The highest BCUT2D eigenvalue weighted by Crippen LogP contribution is 2.22. The van der Waals surface area contributed by atoms with Crippen LogP contribution in [-0.2, 0) is 26.3 Å². The third-order valence-electron chi connectivity index (χ3n) is 5.42. The van der Waals surface area contributed by atoms with E-state index in [1.165, 1.54) is 39.7 Å². The van der Waals surface area contributed by atoms with Gasteiger partial charge in [-0.25, -0.2) is 17.1 Å². The molecular formula is C23H29FN2O3S2. The summed E-state index contributed by atoms with van der Waals surface area (Å²) in [6.45, 7) is 3.35. The number of thioether (sulfide) groups is 1. The Morgan fingerprint density at radius 3 is 2.32 bits per heavy atom. The van der Waals surface area contributed by atoms with Crippen LogP contribution in [0.1, 0.15) is 29.5 Å². The normalized spacial score (nSPS) is 15.7. The molecule has 0 atom stereocenters. The van der Waals surface area contributed by atoms with Gasteiger partial charge in [0.05, 0.1) is 5.75 Å². The Bertz CT molecular complexity index is 955. The predicted octanol–water partition coefficient (Wildman–Crippen LogP) is 3.73. The summed E-state index contributed by atoms with van der Waals surface area (Å²) in [7, 11) is -3.48. The second-order valence-electron chi connectivity index (χ2n) is 7.89. The van der Waals surface area contributed by atoms with Crippen LogP contribution in [0.5, 0.6) is 0 Å². The molecule has 1 aliphatic rings. The quantitative estimate of drug-likeness (QED) is 0.575. The number of nitrogens with zero attached hydrogens (tertiary/aromatic N) is 1. The number of carbonyl (C=O) groups excluding carboxylic acids is 1. The lowest BCUT2D eigenvalue weighted by molar-refractivity contribution is -0.125. The zero-order valence-electron chi connectivity index (χ0n) is 17.7. The minimum atomic E-state index is -3.48. The number of nitrogens with one attached hydrogen (secondary N) is 1. The average molecular weight is 465 g/mol. The first kappa shape index (κ1) is 23.8. The van der Waals surface area contributed by atoms with Crippen molar-refractivity contribution in [3.63, 3.8) is 0 Å². The lowest BCUT2D eigenvalue weighted by atomic mass is 9.97. The molecule has 0 bridgehead atoms. The molecule has 168 valence electrons. The molecule has 0 radical (unpaired) electrons. The number of hydrogen-bond acceptors (Lipinski definition) is 4. The fraction of sp³-hybridized carbons (Fsp3) is 0.435. The molecule has 0 aliphatic carbocycles. The molecule has 1 N–H and O–H groups in total. The van der Waals surface area contributed by atoms with Gasteiger partial charge in [-0.2, -0.15) is 11.8 Å². The van der Waals surface area contributed by atoms with E-state index in [4.69, 9.17) is 0 Å². The highest BCUT2D eigenvalue weighted by molar-refractivity contribution is 7.98. The van der Waals surface area contributed by atoms with Crippen molar-refractivity contribution in [3.05, 3.63) is 71.0 Å². The van der Waals surface area contributed by atoms with Crippen LogP contribution in [-0.4, -0.2) is 44.0 Å². The molecule has 0 unspecified atom stereocenters. The number of amides is 1. The minimum absolute atomic E-state index is 0.00604. The first-order valence-corrected chi connectivity index (χ1v) is 13.2. The highest BCUT2D eigenvalue weighted by Gasteiger charge is 2.31. The summed E-state index contributed by atoms with van der Waals surface area (Å²) in [5.74, 6) is 1.07. The molecule has 5 nitrogen and oxygen atoms in total. The van der Waals surface area contributed by atoms with Crippen molar-refractivity contribution in [3.8, 4) is 0 Å². The molecule has 2 aromatic carbocycles. The topological polar surface area (TPSA) is 66.5 Å². The maximum absolute atomic E-state index is 13.0. The van der Waals surface area contributed by atoms with Gasteiger partial charge in [-0.15, -0.1) is 0 Å². The average Bonchev–Trinajstić information content (AvgIpc) is 2.76. The van der Waals surface area contributed by atoms with Crippen LogP contribution in [0, 0.1) is 18.7 Å². The summed E-state index contributed by atoms with van der Waals surface area (Å²) in [5, 5.41) is 2.98. The minimum Gasteiger partial charge on any atom is -0.355 e. The second-order valence-corrected chi connectivity index (χ2v) is 11.0. The van der Waals surface area contributed by atoms with Crippen LogP contribution >= 0.6 is 11.8 Å². The molecule has 3 rings (SSSR count). The molecule has 1 heterocycles. The van der Waals surface area contributed by atoms with E-state index in [0.717, 1.165) is 11.5 Å². The summed E-state index contributed by atoms with van der Waals surface area (Å²) in [5.41, 5.74) is 3.08. The largest absolute Gasteiger partial charge is 0.355 e. The smallest absolute Gasteiger partial charge is 0.223 e. The van der Waals surface area contributed by atoms with Crippen molar-refractivity contribution in [2.24, 2.45) is 5.92 Å². The van der Waals surface area contributed by atoms with Gasteiger partial charge in [0.15, 0.2) is 0 Å². The lowest BCUT2D eigenvalue weighted by Gasteiger charge is -2.30. The van der Waals surface area contributed by atoms with Gasteiger partial charge in [-0.3, -0.25) is 4.79 Å². The van der Waals surface area contributed by atoms with Crippen LogP contribution in [0.3, 0.4) is 0 Å². The lowest BCUT2D eigenvalue weighted by Crippen LogP contribution is -2.43. The fourth-order valence-corrected chi connectivity index (χ4v) is 5.93. The third kappa shape index (κ3) is 7.33. The molecule has 0 aromatic heterocycles. The van der Waals surface area contributed by atoms with Gasteiger partial charge in [0, 0.05) is 37.1 Å². The molecule has 31 heavy (non-hydrogen) atoms. The van der Waals surface area contributed by atoms with Gasteiger partial charge in [-0.05, 0) is 43.0 Å². The molecular weight excluding hydrogens is 435 g/mol. The zero-order valence-corrected chi connectivity index (χ0v) is 19.4. The van der Waals surface area contributed by atoms with E-state index >= 15 is 0 Å².